The number of benzene rings is 2. The highest BCUT2D eigenvalue weighted by Gasteiger charge is 2.20. The number of rotatable bonds is 6. The molecule has 0 radical (unpaired) electrons. The van der Waals surface area contributed by atoms with Crippen molar-refractivity contribution in [3.05, 3.63) is 78.1 Å². The Hall–Kier alpha value is -3.71. The average molecular weight is 474 g/mol. The van der Waals surface area contributed by atoms with E-state index in [1.54, 1.807) is 30.5 Å². The van der Waals surface area contributed by atoms with Crippen LogP contribution < -0.4 is 15.4 Å². The number of hydrogen-bond acceptors (Lipinski definition) is 6. The highest BCUT2D eigenvalue weighted by Crippen LogP contribution is 2.28. The Bertz CT molecular complexity index is 1170. The van der Waals surface area contributed by atoms with Gasteiger partial charge in [0.15, 0.2) is 0 Å². The number of amides is 1. The normalized spacial score (nSPS) is 14.3. The van der Waals surface area contributed by atoms with Crippen LogP contribution in [0.25, 0.3) is 11.1 Å². The van der Waals surface area contributed by atoms with Gasteiger partial charge < -0.3 is 20.1 Å². The zero-order valence-corrected chi connectivity index (χ0v) is 20.3. The van der Waals surface area contributed by atoms with Crippen molar-refractivity contribution in [3.63, 3.8) is 0 Å². The summed E-state index contributed by atoms with van der Waals surface area (Å²) in [4.78, 5) is 29.9. The predicted octanol–water partition coefficient (Wildman–Crippen LogP) is 5.09. The molecule has 0 atom stereocenters. The van der Waals surface area contributed by atoms with Gasteiger partial charge >= 0.3 is 5.97 Å². The quantitative estimate of drug-likeness (QED) is 0.485. The molecule has 1 fully saturated rings. The fourth-order valence-corrected chi connectivity index (χ4v) is 3.85. The molecule has 0 unspecified atom stereocenters. The van der Waals surface area contributed by atoms with E-state index in [0.29, 0.717) is 28.3 Å². The summed E-state index contributed by atoms with van der Waals surface area (Å²) in [7, 11) is 0. The molecule has 0 aliphatic carbocycles. The second-order valence-corrected chi connectivity index (χ2v) is 9.53. The van der Waals surface area contributed by atoms with Crippen LogP contribution in [0.1, 0.15) is 54.5 Å². The first-order valence-electron chi connectivity index (χ1n) is 11.9. The van der Waals surface area contributed by atoms with Crippen LogP contribution >= 0.6 is 0 Å². The number of pyridine rings is 1. The third-order valence-corrected chi connectivity index (χ3v) is 5.53. The van der Waals surface area contributed by atoms with Gasteiger partial charge in [0.25, 0.3) is 5.91 Å². The Morgan fingerprint density at radius 1 is 1.00 bits per heavy atom. The molecule has 7 nitrogen and oxygen atoms in total. The van der Waals surface area contributed by atoms with Gasteiger partial charge in [-0.3, -0.25) is 4.79 Å². The molecule has 0 bridgehead atoms. The van der Waals surface area contributed by atoms with E-state index in [2.05, 4.69) is 15.6 Å². The van der Waals surface area contributed by atoms with E-state index in [0.717, 1.165) is 31.5 Å². The third kappa shape index (κ3) is 6.67. The first kappa shape index (κ1) is 24.4. The molecule has 1 amide bonds. The third-order valence-electron chi connectivity index (χ3n) is 5.53. The highest BCUT2D eigenvalue weighted by molar-refractivity contribution is 6.07. The summed E-state index contributed by atoms with van der Waals surface area (Å²) in [6.07, 6.45) is 3.60. The molecular weight excluding hydrogens is 442 g/mol. The van der Waals surface area contributed by atoms with Crippen LogP contribution in [-0.4, -0.2) is 41.7 Å². The number of nitrogens with one attached hydrogen (secondary N) is 2. The smallest absolute Gasteiger partial charge is 0.338 e. The highest BCUT2D eigenvalue weighted by atomic mass is 16.6. The van der Waals surface area contributed by atoms with E-state index in [9.17, 15) is 9.59 Å². The van der Waals surface area contributed by atoms with Crippen molar-refractivity contribution < 1.29 is 19.1 Å². The average Bonchev–Trinajstić information content (AvgIpc) is 2.84. The molecule has 3 aromatic rings. The van der Waals surface area contributed by atoms with Gasteiger partial charge in [-0.05, 0) is 82.6 Å². The maximum Gasteiger partial charge on any atom is 0.338 e. The van der Waals surface area contributed by atoms with E-state index in [-0.39, 0.29) is 12.0 Å². The number of piperidine rings is 1. The minimum atomic E-state index is -0.576. The molecule has 7 heteroatoms. The maximum atomic E-state index is 13.2. The van der Waals surface area contributed by atoms with E-state index in [1.807, 2.05) is 57.2 Å². The number of anilines is 1. The summed E-state index contributed by atoms with van der Waals surface area (Å²) >= 11 is 0. The Morgan fingerprint density at radius 3 is 2.34 bits per heavy atom. The fraction of sp³-hybridized carbons (Fsp3) is 0.321. The van der Waals surface area contributed by atoms with Crippen molar-refractivity contribution in [1.29, 1.82) is 0 Å². The number of esters is 1. The number of carbonyl (C=O) groups excluding carboxylic acids is 2. The van der Waals surface area contributed by atoms with Crippen LogP contribution in [0.3, 0.4) is 0 Å². The lowest BCUT2D eigenvalue weighted by Gasteiger charge is -2.24. The minimum Gasteiger partial charge on any atom is -0.489 e. The monoisotopic (exact) mass is 473 g/mol. The molecule has 4 rings (SSSR count). The summed E-state index contributed by atoms with van der Waals surface area (Å²) in [6, 6.07) is 18.1. The topological polar surface area (TPSA) is 89.5 Å². The van der Waals surface area contributed by atoms with Crippen LogP contribution in [0.15, 0.2) is 66.9 Å². The van der Waals surface area contributed by atoms with E-state index >= 15 is 0 Å². The van der Waals surface area contributed by atoms with Crippen LogP contribution in [0.4, 0.5) is 5.69 Å². The standard InChI is InChI=1S/C28H31N3O4/c1-28(2,3)35-27(33)20-9-11-21(12-10-20)31-26(32)25-24(19-7-5-4-6-8-19)17-23(18-30-25)34-22-13-15-29-16-14-22/h4-12,17-18,22,29H,13-16H2,1-3H3,(H,31,32). The second kappa shape index (κ2) is 10.7. The largest absolute Gasteiger partial charge is 0.489 e. The summed E-state index contributed by atoms with van der Waals surface area (Å²) in [5.41, 5.74) is 2.26. The molecule has 182 valence electrons. The lowest BCUT2D eigenvalue weighted by Crippen LogP contribution is -2.34. The van der Waals surface area contributed by atoms with E-state index < -0.39 is 11.6 Å². The molecule has 2 heterocycles. The van der Waals surface area contributed by atoms with Gasteiger partial charge in [-0.25, -0.2) is 9.78 Å². The number of aromatic nitrogens is 1. The zero-order valence-electron chi connectivity index (χ0n) is 20.3. The van der Waals surface area contributed by atoms with Gasteiger partial charge in [0.05, 0.1) is 11.8 Å². The molecular formula is C28H31N3O4. The molecule has 35 heavy (non-hydrogen) atoms. The Kier molecular flexibility index (Phi) is 7.46. The van der Waals surface area contributed by atoms with Gasteiger partial charge in [-0.15, -0.1) is 0 Å². The number of carbonyl (C=O) groups is 2. The van der Waals surface area contributed by atoms with Gasteiger partial charge in [-0.2, -0.15) is 0 Å². The van der Waals surface area contributed by atoms with Gasteiger partial charge in [0, 0.05) is 11.3 Å². The van der Waals surface area contributed by atoms with Gasteiger partial charge in [0.1, 0.15) is 23.1 Å². The first-order chi connectivity index (χ1) is 16.8. The fourth-order valence-electron chi connectivity index (χ4n) is 3.85. The Morgan fingerprint density at radius 2 is 1.69 bits per heavy atom. The first-order valence-corrected chi connectivity index (χ1v) is 11.9. The van der Waals surface area contributed by atoms with Crippen LogP contribution in [-0.2, 0) is 4.74 Å². The summed E-state index contributed by atoms with van der Waals surface area (Å²) < 4.78 is 11.6. The van der Waals surface area contributed by atoms with Crippen molar-refractivity contribution in [1.82, 2.24) is 10.3 Å². The molecule has 0 saturated carbocycles. The van der Waals surface area contributed by atoms with Crippen molar-refractivity contribution in [2.45, 2.75) is 45.3 Å². The SMILES string of the molecule is CC(C)(C)OC(=O)c1ccc(NC(=O)c2ncc(OC3CCNCC3)cc2-c2ccccc2)cc1. The molecule has 1 aliphatic heterocycles. The lowest BCUT2D eigenvalue weighted by molar-refractivity contribution is 0.00694. The predicted molar refractivity (Wildman–Crippen MR) is 136 cm³/mol. The summed E-state index contributed by atoms with van der Waals surface area (Å²) in [6.45, 7) is 7.31. The van der Waals surface area contributed by atoms with Crippen LogP contribution in [0, 0.1) is 0 Å². The number of nitrogens with zero attached hydrogens (tertiary/aromatic N) is 1. The maximum absolute atomic E-state index is 13.2. The number of hydrogen-bond donors (Lipinski definition) is 2. The lowest BCUT2D eigenvalue weighted by atomic mass is 10.0. The zero-order chi connectivity index (χ0) is 24.8. The molecule has 2 aromatic carbocycles. The van der Waals surface area contributed by atoms with Gasteiger partial charge in [-0.1, -0.05) is 30.3 Å². The second-order valence-electron chi connectivity index (χ2n) is 9.53. The van der Waals surface area contributed by atoms with Crippen molar-refractivity contribution in [2.75, 3.05) is 18.4 Å². The van der Waals surface area contributed by atoms with Crippen LogP contribution in [0.2, 0.25) is 0 Å². The van der Waals surface area contributed by atoms with E-state index in [4.69, 9.17) is 9.47 Å². The Balaban J connectivity index is 1.54. The van der Waals surface area contributed by atoms with Crippen molar-refractivity contribution >= 4 is 17.6 Å². The summed E-state index contributed by atoms with van der Waals surface area (Å²) in [5, 5.41) is 6.21. The van der Waals surface area contributed by atoms with Crippen LogP contribution in [0.5, 0.6) is 5.75 Å². The molecule has 1 aromatic heterocycles. The van der Waals surface area contributed by atoms with Gasteiger partial charge in [0.2, 0.25) is 0 Å². The number of ether oxygens (including phenoxy) is 2. The molecule has 1 aliphatic rings. The molecule has 1 saturated heterocycles. The van der Waals surface area contributed by atoms with Crippen molar-refractivity contribution in [2.24, 2.45) is 0 Å². The minimum absolute atomic E-state index is 0.129. The van der Waals surface area contributed by atoms with E-state index in [1.165, 1.54) is 0 Å². The Labute approximate surface area is 205 Å². The van der Waals surface area contributed by atoms with Crippen molar-refractivity contribution in [3.8, 4) is 16.9 Å². The summed E-state index contributed by atoms with van der Waals surface area (Å²) in [5.74, 6) is -0.107. The molecule has 0 spiro atoms. The molecule has 2 N–H and O–H groups in total.